The number of hydrogen-bond acceptors (Lipinski definition) is 4. The number of thiophene rings is 4. The molecular weight excluding hydrogens is 921 g/mol. The van der Waals surface area contributed by atoms with Gasteiger partial charge in [-0.05, 0) is 142 Å². The van der Waals surface area contributed by atoms with Gasteiger partial charge in [-0.2, -0.15) is 0 Å². The smallest absolute Gasteiger partial charge is 0.0449 e. The summed E-state index contributed by atoms with van der Waals surface area (Å²) in [4.78, 5) is 10.9. The van der Waals surface area contributed by atoms with Crippen molar-refractivity contribution in [2.45, 2.75) is 167 Å². The van der Waals surface area contributed by atoms with Gasteiger partial charge in [-0.15, -0.1) is 45.3 Å². The van der Waals surface area contributed by atoms with Crippen LogP contribution in [0.15, 0.2) is 133 Å². The van der Waals surface area contributed by atoms with Gasteiger partial charge in [0.05, 0.1) is 0 Å². The minimum Gasteiger partial charge on any atom is -0.134 e. The highest BCUT2D eigenvalue weighted by Gasteiger charge is 2.43. The summed E-state index contributed by atoms with van der Waals surface area (Å²) in [6, 6.07) is 52.6. The van der Waals surface area contributed by atoms with Gasteiger partial charge in [0.2, 0.25) is 0 Å². The molecule has 0 atom stereocenters. The minimum absolute atomic E-state index is 0.110. The van der Waals surface area contributed by atoms with Gasteiger partial charge in [-0.1, -0.05) is 203 Å². The van der Waals surface area contributed by atoms with Gasteiger partial charge in [0, 0.05) is 49.8 Å². The first-order valence-electron chi connectivity index (χ1n) is 27.4. The summed E-state index contributed by atoms with van der Waals surface area (Å²) in [6.07, 6.45) is 26.0. The van der Waals surface area contributed by atoms with Crippen molar-refractivity contribution in [3.63, 3.8) is 0 Å². The summed E-state index contributed by atoms with van der Waals surface area (Å²) in [6.45, 7) is 9.33. The summed E-state index contributed by atoms with van der Waals surface area (Å²) in [5.74, 6) is 0. The normalized spacial score (nSPS) is 13.9. The Morgan fingerprint density at radius 3 is 0.886 bits per heavy atom. The molecule has 362 valence electrons. The minimum atomic E-state index is 0.110. The molecule has 0 bridgehead atoms. The van der Waals surface area contributed by atoms with E-state index in [1.807, 2.05) is 45.3 Å². The predicted octanol–water partition coefficient (Wildman–Crippen LogP) is 22.7. The Hall–Kier alpha value is -4.32. The van der Waals surface area contributed by atoms with Gasteiger partial charge in [0.15, 0.2) is 0 Å². The lowest BCUT2D eigenvalue weighted by molar-refractivity contribution is 0.401. The Balaban J connectivity index is 0.879. The first-order valence-corrected chi connectivity index (χ1v) is 30.7. The van der Waals surface area contributed by atoms with E-state index in [1.165, 1.54) is 201 Å². The third-order valence-corrected chi connectivity index (χ3v) is 21.1. The molecule has 0 spiro atoms. The van der Waals surface area contributed by atoms with Crippen LogP contribution in [0.2, 0.25) is 0 Å². The molecule has 2 aliphatic carbocycles. The third-order valence-electron chi connectivity index (χ3n) is 16.1. The standard InChI is InChI=1S/C66H74S4/c1-5-9-13-21-41-65(42-22-14-10-6-2)53-27-19-17-25-49(53)51-31-29-47(45-55(51)65)57-33-35-59(67-57)61-37-39-63(69-61)64-40-38-62(70-64)60-36-34-58(68-60)48-30-32-52-50-26-18-20-28-54(50)66(56(52)46-48,43-23-15-11-7-3)44-24-16-12-8-4/h17-20,25-40,45-46H,5-16,21-24,41-44H2,1-4H3. The average Bonchev–Trinajstić information content (AvgIpc) is 4.28. The van der Waals surface area contributed by atoms with E-state index in [1.54, 1.807) is 22.3 Å². The molecule has 8 aromatic rings. The van der Waals surface area contributed by atoms with Crippen LogP contribution in [0, 0.1) is 0 Å². The van der Waals surface area contributed by atoms with Crippen LogP contribution in [0.5, 0.6) is 0 Å². The largest absolute Gasteiger partial charge is 0.134 e. The van der Waals surface area contributed by atoms with E-state index in [-0.39, 0.29) is 10.8 Å². The van der Waals surface area contributed by atoms with Crippen molar-refractivity contribution in [1.29, 1.82) is 0 Å². The van der Waals surface area contributed by atoms with Crippen molar-refractivity contribution in [3.05, 3.63) is 156 Å². The fourth-order valence-electron chi connectivity index (χ4n) is 12.4. The lowest BCUT2D eigenvalue weighted by Crippen LogP contribution is -2.25. The summed E-state index contributed by atoms with van der Waals surface area (Å²) in [5, 5.41) is 0. The number of unbranched alkanes of at least 4 members (excludes halogenated alkanes) is 12. The quantitative estimate of drug-likeness (QED) is 0.0501. The van der Waals surface area contributed by atoms with Crippen molar-refractivity contribution in [2.24, 2.45) is 0 Å². The fourth-order valence-corrected chi connectivity index (χ4v) is 16.7. The van der Waals surface area contributed by atoms with E-state index in [9.17, 15) is 0 Å². The highest BCUT2D eigenvalue weighted by atomic mass is 32.1. The summed E-state index contributed by atoms with van der Waals surface area (Å²) in [7, 11) is 0. The van der Waals surface area contributed by atoms with Crippen LogP contribution in [0.1, 0.15) is 178 Å². The van der Waals surface area contributed by atoms with E-state index in [0.717, 1.165) is 0 Å². The SMILES string of the molecule is CCCCCCC1(CCCCCC)c2ccccc2-c2ccc(-c3ccc(-c4ccc(-c5ccc(-c6ccc(-c7ccc8c(c7)C(CCCCCC)(CCCCCC)c7ccccc7-8)s6)s5)s4)s3)cc21. The highest BCUT2D eigenvalue weighted by Crippen LogP contribution is 2.57. The molecule has 0 N–H and O–H groups in total. The van der Waals surface area contributed by atoms with E-state index in [2.05, 4.69) is 161 Å². The Kier molecular flexibility index (Phi) is 15.9. The molecule has 2 aliphatic rings. The molecule has 0 fully saturated rings. The number of hydrogen-bond donors (Lipinski definition) is 0. The maximum absolute atomic E-state index is 2.61. The van der Waals surface area contributed by atoms with Gasteiger partial charge in [-0.3, -0.25) is 0 Å². The van der Waals surface area contributed by atoms with Crippen LogP contribution in [-0.2, 0) is 10.8 Å². The molecule has 4 heteroatoms. The van der Waals surface area contributed by atoms with E-state index in [4.69, 9.17) is 0 Å². The van der Waals surface area contributed by atoms with Crippen LogP contribution >= 0.6 is 45.3 Å². The van der Waals surface area contributed by atoms with Crippen LogP contribution < -0.4 is 0 Å². The molecule has 70 heavy (non-hydrogen) atoms. The first kappa shape index (κ1) is 49.3. The molecule has 0 radical (unpaired) electrons. The predicted molar refractivity (Wildman–Crippen MR) is 313 cm³/mol. The number of benzene rings is 4. The van der Waals surface area contributed by atoms with Crippen molar-refractivity contribution in [1.82, 2.24) is 0 Å². The molecule has 4 aromatic carbocycles. The van der Waals surface area contributed by atoms with Crippen LogP contribution in [0.3, 0.4) is 0 Å². The Labute approximate surface area is 437 Å². The van der Waals surface area contributed by atoms with Crippen molar-refractivity contribution in [3.8, 4) is 72.4 Å². The first-order chi connectivity index (χ1) is 34.5. The van der Waals surface area contributed by atoms with Crippen molar-refractivity contribution >= 4 is 45.3 Å². The van der Waals surface area contributed by atoms with E-state index in [0.29, 0.717) is 0 Å². The van der Waals surface area contributed by atoms with Crippen molar-refractivity contribution < 1.29 is 0 Å². The van der Waals surface area contributed by atoms with Crippen LogP contribution in [0.4, 0.5) is 0 Å². The summed E-state index contributed by atoms with van der Waals surface area (Å²) < 4.78 is 0. The lowest BCUT2D eigenvalue weighted by Gasteiger charge is -2.33. The van der Waals surface area contributed by atoms with Crippen LogP contribution in [-0.4, -0.2) is 0 Å². The molecule has 0 saturated heterocycles. The van der Waals surface area contributed by atoms with Gasteiger partial charge in [0.25, 0.3) is 0 Å². The van der Waals surface area contributed by atoms with Gasteiger partial charge in [0.1, 0.15) is 0 Å². The number of fused-ring (bicyclic) bond motifs is 6. The molecule has 10 rings (SSSR count). The second-order valence-electron chi connectivity index (χ2n) is 20.7. The van der Waals surface area contributed by atoms with Crippen molar-refractivity contribution in [2.75, 3.05) is 0 Å². The molecular formula is C66H74S4. The molecule has 0 saturated carbocycles. The second kappa shape index (κ2) is 22.6. The molecule has 0 unspecified atom stereocenters. The fraction of sp³-hybridized carbons (Fsp3) is 0.394. The number of rotatable bonds is 25. The van der Waals surface area contributed by atoms with E-state index < -0.39 is 0 Å². The maximum Gasteiger partial charge on any atom is 0.0449 e. The average molecular weight is 996 g/mol. The van der Waals surface area contributed by atoms with Gasteiger partial charge in [-0.25, -0.2) is 0 Å². The second-order valence-corrected chi connectivity index (χ2v) is 25.0. The third kappa shape index (κ3) is 9.81. The topological polar surface area (TPSA) is 0 Å². The molecule has 0 amide bonds. The maximum atomic E-state index is 2.61. The lowest BCUT2D eigenvalue weighted by atomic mass is 9.70. The molecule has 4 heterocycles. The molecule has 0 nitrogen and oxygen atoms in total. The Bertz CT molecular complexity index is 2750. The Morgan fingerprint density at radius 2 is 0.557 bits per heavy atom. The van der Waals surface area contributed by atoms with E-state index >= 15 is 0 Å². The monoisotopic (exact) mass is 994 g/mol. The zero-order valence-electron chi connectivity index (χ0n) is 42.5. The molecule has 4 aromatic heterocycles. The zero-order valence-corrected chi connectivity index (χ0v) is 45.7. The van der Waals surface area contributed by atoms with Gasteiger partial charge < -0.3 is 0 Å². The zero-order chi connectivity index (χ0) is 47.9. The molecule has 0 aliphatic heterocycles. The van der Waals surface area contributed by atoms with Crippen LogP contribution in [0.25, 0.3) is 72.4 Å². The summed E-state index contributed by atoms with van der Waals surface area (Å²) >= 11 is 7.80. The van der Waals surface area contributed by atoms with Gasteiger partial charge >= 0.3 is 0 Å². The summed E-state index contributed by atoms with van der Waals surface area (Å²) in [5.41, 5.74) is 15.2. The highest BCUT2D eigenvalue weighted by molar-refractivity contribution is 7.29. The Morgan fingerprint density at radius 1 is 0.271 bits per heavy atom.